The van der Waals surface area contributed by atoms with Crippen molar-refractivity contribution in [1.29, 1.82) is 0 Å². The fourth-order valence-electron chi connectivity index (χ4n) is 3.25. The van der Waals surface area contributed by atoms with Gasteiger partial charge in [-0.1, -0.05) is 0 Å². The molecule has 22 heavy (non-hydrogen) atoms. The van der Waals surface area contributed by atoms with Crippen molar-refractivity contribution < 1.29 is 9.47 Å². The molecular formula is C16H32N4O2. The highest BCUT2D eigenvalue weighted by molar-refractivity contribution is 5.79. The van der Waals surface area contributed by atoms with Crippen LogP contribution in [0, 0.1) is 0 Å². The molecule has 0 aromatic rings. The van der Waals surface area contributed by atoms with E-state index in [0.717, 1.165) is 64.6 Å². The Morgan fingerprint density at radius 1 is 1.09 bits per heavy atom. The number of likely N-dealkylation sites (N-methyl/N-ethyl adjacent to an activating group) is 1. The molecule has 2 aliphatic rings. The van der Waals surface area contributed by atoms with E-state index in [1.165, 1.54) is 0 Å². The molecule has 0 aromatic heterocycles. The van der Waals surface area contributed by atoms with Crippen LogP contribution in [0.5, 0.6) is 0 Å². The highest BCUT2D eigenvalue weighted by Gasteiger charge is 2.35. The first-order chi connectivity index (χ1) is 10.5. The highest BCUT2D eigenvalue weighted by atomic mass is 16.5. The molecule has 0 bridgehead atoms. The number of hydrogen-bond donors (Lipinski definition) is 2. The van der Waals surface area contributed by atoms with E-state index in [-0.39, 0.29) is 11.1 Å². The highest BCUT2D eigenvalue weighted by Crippen LogP contribution is 2.25. The van der Waals surface area contributed by atoms with Gasteiger partial charge in [0.05, 0.1) is 5.60 Å². The maximum absolute atomic E-state index is 5.82. The third-order valence-electron chi connectivity index (χ3n) is 5.11. The van der Waals surface area contributed by atoms with Crippen LogP contribution in [0.3, 0.4) is 0 Å². The van der Waals surface area contributed by atoms with Gasteiger partial charge in [-0.15, -0.1) is 0 Å². The summed E-state index contributed by atoms with van der Waals surface area (Å²) < 4.78 is 11.3. The minimum Gasteiger partial charge on any atom is -0.381 e. The Morgan fingerprint density at radius 3 is 2.32 bits per heavy atom. The van der Waals surface area contributed by atoms with Gasteiger partial charge in [0.1, 0.15) is 0 Å². The number of hydrogen-bond acceptors (Lipinski definition) is 4. The van der Waals surface area contributed by atoms with E-state index in [2.05, 4.69) is 41.5 Å². The van der Waals surface area contributed by atoms with E-state index in [4.69, 9.17) is 9.47 Å². The summed E-state index contributed by atoms with van der Waals surface area (Å²) in [5.41, 5.74) is 0.0825. The topological polar surface area (TPSA) is 58.1 Å². The second-order valence-electron chi connectivity index (χ2n) is 6.91. The Morgan fingerprint density at radius 2 is 1.77 bits per heavy atom. The van der Waals surface area contributed by atoms with Crippen molar-refractivity contribution in [2.75, 3.05) is 54.1 Å². The van der Waals surface area contributed by atoms with Crippen LogP contribution in [-0.2, 0) is 9.47 Å². The lowest BCUT2D eigenvalue weighted by Crippen LogP contribution is -2.57. The summed E-state index contributed by atoms with van der Waals surface area (Å²) in [6.45, 7) is 6.37. The fraction of sp³-hybridized carbons (Fsp3) is 0.938. The molecule has 0 aliphatic carbocycles. The molecule has 2 saturated heterocycles. The molecule has 2 N–H and O–H groups in total. The van der Waals surface area contributed by atoms with Crippen LogP contribution < -0.4 is 10.6 Å². The molecule has 6 heteroatoms. The monoisotopic (exact) mass is 312 g/mol. The molecule has 0 spiro atoms. The van der Waals surface area contributed by atoms with Gasteiger partial charge in [-0.2, -0.15) is 0 Å². The summed E-state index contributed by atoms with van der Waals surface area (Å²) in [7, 11) is 6.12. The molecule has 2 aliphatic heterocycles. The summed E-state index contributed by atoms with van der Waals surface area (Å²) in [6, 6.07) is 0. The summed E-state index contributed by atoms with van der Waals surface area (Å²) >= 11 is 0. The second kappa shape index (κ2) is 7.62. The second-order valence-corrected chi connectivity index (χ2v) is 6.91. The molecule has 0 amide bonds. The first kappa shape index (κ1) is 17.5. The predicted molar refractivity (Wildman–Crippen MR) is 89.4 cm³/mol. The largest absolute Gasteiger partial charge is 0.381 e. The third kappa shape index (κ3) is 4.33. The van der Waals surface area contributed by atoms with Gasteiger partial charge < -0.3 is 25.0 Å². The SMILES string of the molecule is CN=C(NCC1(C)CCCO1)NCC1(N(C)C)CCOCC1. The standard InChI is InChI=1S/C16H32N4O2/c1-15(6-5-9-22-15)12-18-14(17-2)19-13-16(20(3)4)7-10-21-11-8-16/h5-13H2,1-4H3,(H2,17,18,19). The van der Waals surface area contributed by atoms with Crippen molar-refractivity contribution in [3.8, 4) is 0 Å². The number of nitrogens with one attached hydrogen (secondary N) is 2. The van der Waals surface area contributed by atoms with E-state index in [1.807, 2.05) is 7.05 Å². The zero-order chi connectivity index (χ0) is 16.1. The van der Waals surface area contributed by atoms with Gasteiger partial charge in [0.15, 0.2) is 5.96 Å². The summed E-state index contributed by atoms with van der Waals surface area (Å²) in [6.07, 6.45) is 4.35. The molecule has 0 aromatic carbocycles. The van der Waals surface area contributed by atoms with Gasteiger partial charge in [-0.05, 0) is 46.7 Å². The zero-order valence-electron chi connectivity index (χ0n) is 14.6. The molecule has 2 rings (SSSR count). The van der Waals surface area contributed by atoms with E-state index >= 15 is 0 Å². The van der Waals surface area contributed by atoms with E-state index in [1.54, 1.807) is 0 Å². The van der Waals surface area contributed by atoms with Crippen LogP contribution in [0.25, 0.3) is 0 Å². The first-order valence-electron chi connectivity index (χ1n) is 8.33. The van der Waals surface area contributed by atoms with Crippen molar-refractivity contribution in [2.24, 2.45) is 4.99 Å². The van der Waals surface area contributed by atoms with E-state index in [9.17, 15) is 0 Å². The van der Waals surface area contributed by atoms with Gasteiger partial charge in [-0.3, -0.25) is 4.99 Å². The number of ether oxygens (including phenoxy) is 2. The van der Waals surface area contributed by atoms with Crippen molar-refractivity contribution in [1.82, 2.24) is 15.5 Å². The van der Waals surface area contributed by atoms with Crippen LogP contribution in [0.4, 0.5) is 0 Å². The third-order valence-corrected chi connectivity index (χ3v) is 5.11. The molecule has 0 radical (unpaired) electrons. The maximum Gasteiger partial charge on any atom is 0.191 e. The fourth-order valence-corrected chi connectivity index (χ4v) is 3.25. The lowest BCUT2D eigenvalue weighted by Gasteiger charge is -2.43. The summed E-state index contributed by atoms with van der Waals surface area (Å²) in [5.74, 6) is 0.851. The van der Waals surface area contributed by atoms with Gasteiger partial charge in [0, 0.05) is 45.5 Å². The molecular weight excluding hydrogens is 280 g/mol. The van der Waals surface area contributed by atoms with E-state index < -0.39 is 0 Å². The summed E-state index contributed by atoms with van der Waals surface area (Å²) in [5, 5.41) is 6.90. The molecule has 2 heterocycles. The van der Waals surface area contributed by atoms with Gasteiger partial charge >= 0.3 is 0 Å². The lowest BCUT2D eigenvalue weighted by molar-refractivity contribution is -0.00513. The molecule has 128 valence electrons. The lowest BCUT2D eigenvalue weighted by atomic mass is 9.88. The molecule has 1 unspecified atom stereocenters. The van der Waals surface area contributed by atoms with Crippen molar-refractivity contribution in [3.63, 3.8) is 0 Å². The number of aliphatic imine (C=N–C) groups is 1. The zero-order valence-corrected chi connectivity index (χ0v) is 14.6. The normalized spacial score (nSPS) is 28.9. The predicted octanol–water partition coefficient (Wildman–Crippen LogP) is 0.831. The van der Waals surface area contributed by atoms with Crippen molar-refractivity contribution in [2.45, 2.75) is 43.7 Å². The number of nitrogens with zero attached hydrogens (tertiary/aromatic N) is 2. The maximum atomic E-state index is 5.82. The van der Waals surface area contributed by atoms with Crippen LogP contribution in [-0.4, -0.2) is 76.1 Å². The molecule has 2 fully saturated rings. The van der Waals surface area contributed by atoms with Crippen LogP contribution >= 0.6 is 0 Å². The quantitative estimate of drug-likeness (QED) is 0.582. The molecule has 1 atom stereocenters. The Labute approximate surface area is 134 Å². The summed E-state index contributed by atoms with van der Waals surface area (Å²) in [4.78, 5) is 6.66. The van der Waals surface area contributed by atoms with Crippen LogP contribution in [0.1, 0.15) is 32.6 Å². The van der Waals surface area contributed by atoms with E-state index in [0.29, 0.717) is 0 Å². The minimum atomic E-state index is -0.0600. The Kier molecular flexibility index (Phi) is 6.06. The average molecular weight is 312 g/mol. The number of guanidine groups is 1. The molecule has 0 saturated carbocycles. The smallest absolute Gasteiger partial charge is 0.191 e. The molecule has 6 nitrogen and oxygen atoms in total. The Hall–Kier alpha value is -0.850. The number of rotatable bonds is 5. The Balaban J connectivity index is 1.84. The Bertz CT molecular complexity index is 372. The van der Waals surface area contributed by atoms with Crippen molar-refractivity contribution >= 4 is 5.96 Å². The van der Waals surface area contributed by atoms with Gasteiger partial charge in [0.2, 0.25) is 0 Å². The first-order valence-corrected chi connectivity index (χ1v) is 8.33. The van der Waals surface area contributed by atoms with Gasteiger partial charge in [0.25, 0.3) is 0 Å². The van der Waals surface area contributed by atoms with Crippen LogP contribution in [0.15, 0.2) is 4.99 Å². The van der Waals surface area contributed by atoms with Crippen LogP contribution in [0.2, 0.25) is 0 Å². The van der Waals surface area contributed by atoms with Gasteiger partial charge in [-0.25, -0.2) is 0 Å². The average Bonchev–Trinajstić information content (AvgIpc) is 2.95. The van der Waals surface area contributed by atoms with Crippen molar-refractivity contribution in [3.05, 3.63) is 0 Å². The minimum absolute atomic E-state index is 0.0600.